The second kappa shape index (κ2) is 7.16. The SMILES string of the molecule is COc1ccc([N+](=O)[O-])cc1NC(=O)N1CCC(n2cncn2)CC1. The Morgan fingerprint density at radius 2 is 2.16 bits per heavy atom. The van der Waals surface area contributed by atoms with E-state index in [9.17, 15) is 14.9 Å². The molecular formula is C15H18N6O4. The molecule has 0 atom stereocenters. The van der Waals surface area contributed by atoms with Crippen LogP contribution in [0, 0.1) is 10.1 Å². The fraction of sp³-hybridized carbons (Fsp3) is 0.400. The van der Waals surface area contributed by atoms with Crippen LogP contribution in [0.2, 0.25) is 0 Å². The number of non-ortho nitro benzene ring substituents is 1. The number of aromatic nitrogens is 3. The van der Waals surface area contributed by atoms with Crippen molar-refractivity contribution in [3.8, 4) is 5.75 Å². The van der Waals surface area contributed by atoms with Gasteiger partial charge in [0.25, 0.3) is 5.69 Å². The van der Waals surface area contributed by atoms with Gasteiger partial charge in [-0.3, -0.25) is 10.1 Å². The van der Waals surface area contributed by atoms with E-state index >= 15 is 0 Å². The highest BCUT2D eigenvalue weighted by Gasteiger charge is 2.25. The molecule has 0 bridgehead atoms. The molecule has 1 N–H and O–H groups in total. The van der Waals surface area contributed by atoms with Crippen molar-refractivity contribution >= 4 is 17.4 Å². The summed E-state index contributed by atoms with van der Waals surface area (Å²) in [4.78, 5) is 28.5. The first kappa shape index (κ1) is 16.7. The van der Waals surface area contributed by atoms with Crippen LogP contribution in [0.1, 0.15) is 18.9 Å². The molecule has 25 heavy (non-hydrogen) atoms. The second-order valence-corrected chi connectivity index (χ2v) is 5.67. The number of nitro benzene ring substituents is 1. The van der Waals surface area contributed by atoms with E-state index < -0.39 is 4.92 Å². The summed E-state index contributed by atoms with van der Waals surface area (Å²) in [6.07, 6.45) is 4.70. The summed E-state index contributed by atoms with van der Waals surface area (Å²) >= 11 is 0. The Morgan fingerprint density at radius 3 is 2.76 bits per heavy atom. The molecule has 2 heterocycles. The highest BCUT2D eigenvalue weighted by atomic mass is 16.6. The van der Waals surface area contributed by atoms with Gasteiger partial charge in [-0.1, -0.05) is 0 Å². The molecule has 0 saturated carbocycles. The van der Waals surface area contributed by atoms with Gasteiger partial charge in [0.15, 0.2) is 0 Å². The molecule has 3 rings (SSSR count). The molecule has 1 aliphatic rings. The van der Waals surface area contributed by atoms with E-state index in [1.807, 2.05) is 0 Å². The minimum Gasteiger partial charge on any atom is -0.495 e. The van der Waals surface area contributed by atoms with Crippen molar-refractivity contribution < 1.29 is 14.5 Å². The van der Waals surface area contributed by atoms with Crippen LogP contribution in [-0.2, 0) is 0 Å². The molecule has 10 nitrogen and oxygen atoms in total. The van der Waals surface area contributed by atoms with Gasteiger partial charge in [-0.2, -0.15) is 5.10 Å². The van der Waals surface area contributed by atoms with Crippen molar-refractivity contribution in [1.82, 2.24) is 19.7 Å². The number of hydrogen-bond acceptors (Lipinski definition) is 6. The Bertz CT molecular complexity index is 755. The van der Waals surface area contributed by atoms with Gasteiger partial charge in [0.05, 0.1) is 23.8 Å². The Morgan fingerprint density at radius 1 is 1.40 bits per heavy atom. The zero-order valence-electron chi connectivity index (χ0n) is 13.7. The van der Waals surface area contributed by atoms with E-state index in [1.54, 1.807) is 15.9 Å². The van der Waals surface area contributed by atoms with Gasteiger partial charge >= 0.3 is 6.03 Å². The number of hydrogen-bond donors (Lipinski definition) is 1. The summed E-state index contributed by atoms with van der Waals surface area (Å²) in [5.41, 5.74) is 0.168. The Kier molecular flexibility index (Phi) is 4.78. The van der Waals surface area contributed by atoms with Crippen molar-refractivity contribution in [1.29, 1.82) is 0 Å². The van der Waals surface area contributed by atoms with Gasteiger partial charge in [0, 0.05) is 25.2 Å². The number of amides is 2. The molecule has 0 aliphatic carbocycles. The normalized spacial score (nSPS) is 15.0. The summed E-state index contributed by atoms with van der Waals surface area (Å²) in [6, 6.07) is 4.00. The molecular weight excluding hydrogens is 328 g/mol. The molecule has 2 aromatic rings. The number of nitro groups is 1. The third kappa shape index (κ3) is 3.67. The Hall–Kier alpha value is -3.17. The lowest BCUT2D eigenvalue weighted by molar-refractivity contribution is -0.384. The summed E-state index contributed by atoms with van der Waals surface area (Å²) in [5, 5.41) is 17.7. The summed E-state index contributed by atoms with van der Waals surface area (Å²) in [6.45, 7) is 1.13. The largest absolute Gasteiger partial charge is 0.495 e. The number of nitrogens with zero attached hydrogens (tertiary/aromatic N) is 5. The summed E-state index contributed by atoms with van der Waals surface area (Å²) in [5.74, 6) is 0.372. The van der Waals surface area contributed by atoms with Gasteiger partial charge in [0.1, 0.15) is 18.4 Å². The Balaban J connectivity index is 1.65. The van der Waals surface area contributed by atoms with Gasteiger partial charge in [-0.15, -0.1) is 0 Å². The molecule has 10 heteroatoms. The van der Waals surface area contributed by atoms with Crippen LogP contribution < -0.4 is 10.1 Å². The van der Waals surface area contributed by atoms with Crippen molar-refractivity contribution in [2.24, 2.45) is 0 Å². The molecule has 0 unspecified atom stereocenters. The predicted molar refractivity (Wildman–Crippen MR) is 88.5 cm³/mol. The quantitative estimate of drug-likeness (QED) is 0.669. The number of ether oxygens (including phenoxy) is 1. The number of likely N-dealkylation sites (tertiary alicyclic amines) is 1. The molecule has 0 radical (unpaired) electrons. The van der Waals surface area contributed by atoms with E-state index in [0.29, 0.717) is 18.8 Å². The number of benzene rings is 1. The van der Waals surface area contributed by atoms with Crippen LogP contribution in [0.4, 0.5) is 16.2 Å². The molecule has 0 spiro atoms. The topological polar surface area (TPSA) is 115 Å². The highest BCUT2D eigenvalue weighted by Crippen LogP contribution is 2.29. The molecule has 1 saturated heterocycles. The number of nitrogens with one attached hydrogen (secondary N) is 1. The van der Waals surface area contributed by atoms with Gasteiger partial charge in [-0.05, 0) is 18.9 Å². The predicted octanol–water partition coefficient (Wildman–Crippen LogP) is 2.06. The van der Waals surface area contributed by atoms with E-state index in [-0.39, 0.29) is 23.4 Å². The van der Waals surface area contributed by atoms with Gasteiger partial charge < -0.3 is 15.0 Å². The van der Waals surface area contributed by atoms with Crippen molar-refractivity contribution in [3.63, 3.8) is 0 Å². The molecule has 2 amide bonds. The minimum absolute atomic E-state index is 0.110. The number of urea groups is 1. The minimum atomic E-state index is -0.515. The number of rotatable bonds is 4. The highest BCUT2D eigenvalue weighted by molar-refractivity contribution is 5.91. The third-order valence-electron chi connectivity index (χ3n) is 4.20. The maximum absolute atomic E-state index is 12.5. The smallest absolute Gasteiger partial charge is 0.321 e. The monoisotopic (exact) mass is 346 g/mol. The van der Waals surface area contributed by atoms with Gasteiger partial charge in [0.2, 0.25) is 0 Å². The van der Waals surface area contributed by atoms with Gasteiger partial charge in [-0.25, -0.2) is 14.5 Å². The fourth-order valence-corrected chi connectivity index (χ4v) is 2.84. The average Bonchev–Trinajstić information content (AvgIpc) is 3.16. The number of piperidine rings is 1. The maximum atomic E-state index is 12.5. The number of carbonyl (C=O) groups is 1. The fourth-order valence-electron chi connectivity index (χ4n) is 2.84. The lowest BCUT2D eigenvalue weighted by Crippen LogP contribution is -2.41. The van der Waals surface area contributed by atoms with E-state index in [4.69, 9.17) is 4.74 Å². The second-order valence-electron chi connectivity index (χ2n) is 5.67. The molecule has 1 fully saturated rings. The number of anilines is 1. The van der Waals surface area contributed by atoms with Crippen LogP contribution in [0.5, 0.6) is 5.75 Å². The van der Waals surface area contributed by atoms with Crippen molar-refractivity contribution in [3.05, 3.63) is 41.0 Å². The number of carbonyl (C=O) groups excluding carboxylic acids is 1. The van der Waals surface area contributed by atoms with Crippen LogP contribution in [0.15, 0.2) is 30.9 Å². The standard InChI is InChI=1S/C15H18N6O4/c1-25-14-3-2-12(21(23)24)8-13(14)18-15(22)19-6-4-11(5-7-19)20-10-16-9-17-20/h2-3,8-11H,4-7H2,1H3,(H,18,22). The molecule has 1 aromatic heterocycles. The van der Waals surface area contributed by atoms with Crippen LogP contribution >= 0.6 is 0 Å². The van der Waals surface area contributed by atoms with Crippen LogP contribution in [-0.4, -0.2) is 50.8 Å². The zero-order valence-corrected chi connectivity index (χ0v) is 13.7. The molecule has 1 aliphatic heterocycles. The molecule has 132 valence electrons. The summed E-state index contributed by atoms with van der Waals surface area (Å²) < 4.78 is 6.96. The van der Waals surface area contributed by atoms with E-state index in [0.717, 1.165) is 12.8 Å². The molecule has 1 aromatic carbocycles. The third-order valence-corrected chi connectivity index (χ3v) is 4.20. The van der Waals surface area contributed by atoms with Crippen molar-refractivity contribution in [2.75, 3.05) is 25.5 Å². The Labute approximate surface area is 143 Å². The van der Waals surface area contributed by atoms with Crippen LogP contribution in [0.3, 0.4) is 0 Å². The van der Waals surface area contributed by atoms with Crippen LogP contribution in [0.25, 0.3) is 0 Å². The first-order valence-corrected chi connectivity index (χ1v) is 7.81. The lowest BCUT2D eigenvalue weighted by Gasteiger charge is -2.31. The van der Waals surface area contributed by atoms with E-state index in [1.165, 1.54) is 31.6 Å². The summed E-state index contributed by atoms with van der Waals surface area (Å²) in [7, 11) is 1.44. The average molecular weight is 346 g/mol. The van der Waals surface area contributed by atoms with Crippen molar-refractivity contribution in [2.45, 2.75) is 18.9 Å². The lowest BCUT2D eigenvalue weighted by atomic mass is 10.1. The first-order chi connectivity index (χ1) is 12.1. The van der Waals surface area contributed by atoms with E-state index in [2.05, 4.69) is 15.4 Å². The first-order valence-electron chi connectivity index (χ1n) is 7.81. The maximum Gasteiger partial charge on any atom is 0.321 e. The zero-order chi connectivity index (χ0) is 17.8. The number of methoxy groups -OCH3 is 1.